The molecule has 0 spiro atoms. The van der Waals surface area contributed by atoms with Crippen LogP contribution < -0.4 is 10.0 Å². The van der Waals surface area contributed by atoms with Crippen LogP contribution >= 0.6 is 23.2 Å². The molecule has 1 aromatic heterocycles. The Morgan fingerprint density at radius 1 is 1.03 bits per heavy atom. The van der Waals surface area contributed by atoms with E-state index in [1.165, 1.54) is 24.5 Å². The first-order valence-electron chi connectivity index (χ1n) is 10.6. The number of halogens is 4. The first-order valence-corrected chi connectivity index (χ1v) is 12.9. The van der Waals surface area contributed by atoms with Gasteiger partial charge >= 0.3 is 0 Å². The molecule has 0 radical (unpaired) electrons. The zero-order chi connectivity index (χ0) is 25.2. The number of nitrogens with zero attached hydrogens (tertiary/aromatic N) is 2. The number of benzene rings is 2. The average Bonchev–Trinajstić information content (AvgIpc) is 3.24. The highest BCUT2D eigenvalue weighted by molar-refractivity contribution is 7.92. The molecule has 4 rings (SSSR count). The average molecular weight is 537 g/mol. The summed E-state index contributed by atoms with van der Waals surface area (Å²) in [6.45, 7) is 2.12. The van der Waals surface area contributed by atoms with Gasteiger partial charge in [0.2, 0.25) is 5.95 Å². The van der Waals surface area contributed by atoms with E-state index in [1.807, 2.05) is 0 Å². The van der Waals surface area contributed by atoms with Gasteiger partial charge in [0, 0.05) is 23.0 Å². The van der Waals surface area contributed by atoms with Crippen molar-refractivity contribution in [2.45, 2.75) is 43.0 Å². The maximum absolute atomic E-state index is 15.0. The van der Waals surface area contributed by atoms with Crippen molar-refractivity contribution >= 4 is 44.9 Å². The summed E-state index contributed by atoms with van der Waals surface area (Å²) in [5, 5.41) is 3.33. The first-order chi connectivity index (χ1) is 16.6. The van der Waals surface area contributed by atoms with Crippen LogP contribution in [-0.4, -0.2) is 23.9 Å². The minimum absolute atomic E-state index is 0.0530. The zero-order valence-electron chi connectivity index (χ0n) is 18.5. The lowest BCUT2D eigenvalue weighted by Gasteiger charge is -2.24. The van der Waals surface area contributed by atoms with E-state index in [0.717, 1.165) is 43.9 Å². The van der Waals surface area contributed by atoms with Crippen LogP contribution in [0.5, 0.6) is 0 Å². The third kappa shape index (κ3) is 5.84. The van der Waals surface area contributed by atoms with E-state index in [1.54, 1.807) is 0 Å². The third-order valence-electron chi connectivity index (χ3n) is 5.62. The van der Waals surface area contributed by atoms with Gasteiger partial charge in [0.15, 0.2) is 5.82 Å². The minimum Gasteiger partial charge on any atom is -0.349 e. The molecule has 0 atom stereocenters. The van der Waals surface area contributed by atoms with Crippen LogP contribution in [0.3, 0.4) is 0 Å². The first kappa shape index (κ1) is 25.2. The molecule has 2 N–H and O–H groups in total. The molecule has 11 heteroatoms. The normalized spacial score (nSPS) is 14.8. The lowest BCUT2D eigenvalue weighted by atomic mass is 10.0. The second-order valence-corrected chi connectivity index (χ2v) is 10.9. The highest BCUT2D eigenvalue weighted by Gasteiger charge is 2.29. The Morgan fingerprint density at radius 2 is 1.71 bits per heavy atom. The van der Waals surface area contributed by atoms with Gasteiger partial charge in [-0.3, -0.25) is 4.72 Å². The van der Waals surface area contributed by atoms with Crippen molar-refractivity contribution in [3.63, 3.8) is 0 Å². The summed E-state index contributed by atoms with van der Waals surface area (Å²) in [5.74, 6) is 3.34. The number of nitrogens with one attached hydrogen (secondary N) is 2. The smallest absolute Gasteiger partial charge is 0.263 e. The summed E-state index contributed by atoms with van der Waals surface area (Å²) in [5.41, 5.74) is -0.819. The summed E-state index contributed by atoms with van der Waals surface area (Å²) >= 11 is 11.8. The van der Waals surface area contributed by atoms with Gasteiger partial charge in [0.05, 0.1) is 21.8 Å². The Kier molecular flexibility index (Phi) is 7.17. The molecule has 0 bridgehead atoms. The van der Waals surface area contributed by atoms with Crippen LogP contribution in [0, 0.1) is 23.5 Å². The predicted molar refractivity (Wildman–Crippen MR) is 132 cm³/mol. The molecule has 3 aromatic rings. The van der Waals surface area contributed by atoms with Gasteiger partial charge < -0.3 is 5.32 Å². The van der Waals surface area contributed by atoms with Gasteiger partial charge in [0.25, 0.3) is 10.0 Å². The standard InChI is InChI=1S/C24H20Cl2F2N4O2S/c1-24(10-2-3-11-24)31-23-29-13-15(14-30-23)4-6-17-19(27)8-9-20(22(17)28)32-35(33,34)21-12-16(25)5-7-18(21)26/h5,7-9,12-14,32H,2-3,10-11H2,1H3,(H,29,30,31). The second kappa shape index (κ2) is 9.97. The predicted octanol–water partition coefficient (Wildman–Crippen LogP) is 6.01. The van der Waals surface area contributed by atoms with Crippen LogP contribution in [0.4, 0.5) is 20.4 Å². The fourth-order valence-electron chi connectivity index (χ4n) is 3.77. The summed E-state index contributed by atoms with van der Waals surface area (Å²) in [6, 6.07) is 5.71. The molecule has 0 unspecified atom stereocenters. The molecule has 1 fully saturated rings. The number of hydrogen-bond donors (Lipinski definition) is 2. The maximum atomic E-state index is 15.0. The molecule has 0 amide bonds. The van der Waals surface area contributed by atoms with Crippen LogP contribution in [0.25, 0.3) is 0 Å². The van der Waals surface area contributed by atoms with Crippen LogP contribution in [0.2, 0.25) is 10.0 Å². The van der Waals surface area contributed by atoms with E-state index >= 15 is 4.39 Å². The minimum atomic E-state index is -4.31. The fraction of sp³-hybridized carbons (Fsp3) is 0.250. The third-order valence-corrected chi connectivity index (χ3v) is 7.70. The molecule has 0 saturated heterocycles. The van der Waals surface area contributed by atoms with E-state index in [4.69, 9.17) is 23.2 Å². The summed E-state index contributed by atoms with van der Waals surface area (Å²) in [6.07, 6.45) is 7.24. The van der Waals surface area contributed by atoms with E-state index in [0.29, 0.717) is 11.5 Å². The molecule has 1 aliphatic rings. The van der Waals surface area contributed by atoms with Gasteiger partial charge in [-0.15, -0.1) is 0 Å². The highest BCUT2D eigenvalue weighted by atomic mass is 35.5. The fourth-order valence-corrected chi connectivity index (χ4v) is 5.59. The van der Waals surface area contributed by atoms with Gasteiger partial charge in [-0.1, -0.05) is 47.9 Å². The van der Waals surface area contributed by atoms with Gasteiger partial charge in [-0.05, 0) is 50.1 Å². The van der Waals surface area contributed by atoms with Crippen molar-refractivity contribution in [3.05, 3.63) is 75.5 Å². The lowest BCUT2D eigenvalue weighted by molar-refractivity contribution is 0.528. The summed E-state index contributed by atoms with van der Waals surface area (Å²) < 4.78 is 56.9. The zero-order valence-corrected chi connectivity index (χ0v) is 20.8. The molecule has 2 aromatic carbocycles. The molecule has 35 heavy (non-hydrogen) atoms. The molecule has 6 nitrogen and oxygen atoms in total. The molecule has 0 aliphatic heterocycles. The Bertz CT molecular complexity index is 1430. The van der Waals surface area contributed by atoms with Crippen molar-refractivity contribution in [2.75, 3.05) is 10.0 Å². The van der Waals surface area contributed by atoms with Crippen molar-refractivity contribution in [2.24, 2.45) is 0 Å². The molecular formula is C24H20Cl2F2N4O2S. The number of aromatic nitrogens is 2. The van der Waals surface area contributed by atoms with E-state index in [9.17, 15) is 12.8 Å². The maximum Gasteiger partial charge on any atom is 0.263 e. The summed E-state index contributed by atoms with van der Waals surface area (Å²) in [7, 11) is -4.31. The SMILES string of the molecule is CC1(Nc2ncc(C#Cc3c(F)ccc(NS(=O)(=O)c4cc(Cl)ccc4Cl)c3F)cn2)CCCC1. The van der Waals surface area contributed by atoms with Crippen LogP contribution in [0.1, 0.15) is 43.7 Å². The van der Waals surface area contributed by atoms with E-state index in [2.05, 4.69) is 38.8 Å². The Balaban J connectivity index is 1.57. The van der Waals surface area contributed by atoms with Crippen LogP contribution in [-0.2, 0) is 10.0 Å². The second-order valence-electron chi connectivity index (χ2n) is 8.40. The molecule has 1 saturated carbocycles. The number of hydrogen-bond acceptors (Lipinski definition) is 5. The summed E-state index contributed by atoms with van der Waals surface area (Å²) in [4.78, 5) is 8.12. The van der Waals surface area contributed by atoms with Crippen molar-refractivity contribution in [1.29, 1.82) is 0 Å². The van der Waals surface area contributed by atoms with Crippen LogP contribution in [0.15, 0.2) is 47.6 Å². The molecular weight excluding hydrogens is 517 g/mol. The molecule has 182 valence electrons. The van der Waals surface area contributed by atoms with E-state index in [-0.39, 0.29) is 20.5 Å². The van der Waals surface area contributed by atoms with Crippen molar-refractivity contribution in [3.8, 4) is 11.8 Å². The monoisotopic (exact) mass is 536 g/mol. The molecule has 1 aliphatic carbocycles. The number of anilines is 2. The number of sulfonamides is 1. The Morgan fingerprint density at radius 3 is 2.40 bits per heavy atom. The van der Waals surface area contributed by atoms with Gasteiger partial charge in [-0.25, -0.2) is 27.2 Å². The van der Waals surface area contributed by atoms with Gasteiger partial charge in [0.1, 0.15) is 10.7 Å². The molecule has 1 heterocycles. The topological polar surface area (TPSA) is 84.0 Å². The Labute approximate surface area is 212 Å². The largest absolute Gasteiger partial charge is 0.349 e. The van der Waals surface area contributed by atoms with E-state index < -0.39 is 32.9 Å². The van der Waals surface area contributed by atoms with Crippen molar-refractivity contribution in [1.82, 2.24) is 9.97 Å². The number of rotatable bonds is 5. The van der Waals surface area contributed by atoms with Crippen molar-refractivity contribution < 1.29 is 17.2 Å². The lowest BCUT2D eigenvalue weighted by Crippen LogP contribution is -2.31. The highest BCUT2D eigenvalue weighted by Crippen LogP contribution is 2.32. The van der Waals surface area contributed by atoms with Gasteiger partial charge in [-0.2, -0.15) is 0 Å². The quantitative estimate of drug-likeness (QED) is 0.390. The Hall–Kier alpha value is -2.93.